The van der Waals surface area contributed by atoms with Crippen LogP contribution in [0.25, 0.3) is 0 Å². The minimum absolute atomic E-state index is 0.313. The molecule has 4 nitrogen and oxygen atoms in total. The summed E-state index contributed by atoms with van der Waals surface area (Å²) in [5, 5.41) is 4.23. The number of nitrogens with two attached hydrogens (primary N) is 1. The number of aromatic nitrogens is 2. The quantitative estimate of drug-likeness (QED) is 0.816. The van der Waals surface area contributed by atoms with Crippen molar-refractivity contribution in [1.29, 1.82) is 0 Å². The monoisotopic (exact) mass is 222 g/mol. The number of aryl methyl sites for hydroxylation is 1. The first-order chi connectivity index (χ1) is 7.58. The lowest BCUT2D eigenvalue weighted by Gasteiger charge is -2.38. The third-order valence-corrected chi connectivity index (χ3v) is 3.80. The van der Waals surface area contributed by atoms with Crippen molar-refractivity contribution < 1.29 is 0 Å². The van der Waals surface area contributed by atoms with Crippen LogP contribution in [0.1, 0.15) is 31.9 Å². The number of piperidine rings is 1. The molecule has 0 aromatic carbocycles. The largest absolute Gasteiger partial charge is 0.326 e. The van der Waals surface area contributed by atoms with Crippen LogP contribution in [-0.4, -0.2) is 33.8 Å². The molecule has 16 heavy (non-hydrogen) atoms. The van der Waals surface area contributed by atoms with Gasteiger partial charge in [0.2, 0.25) is 0 Å². The van der Waals surface area contributed by atoms with Gasteiger partial charge in [0.15, 0.2) is 0 Å². The Labute approximate surface area is 97.4 Å². The highest BCUT2D eigenvalue weighted by Gasteiger charge is 2.27. The van der Waals surface area contributed by atoms with E-state index >= 15 is 0 Å². The molecule has 0 saturated carbocycles. The molecule has 0 radical (unpaired) electrons. The van der Waals surface area contributed by atoms with Crippen molar-refractivity contribution in [2.24, 2.45) is 18.7 Å². The van der Waals surface area contributed by atoms with E-state index < -0.39 is 0 Å². The second-order valence-corrected chi connectivity index (χ2v) is 5.05. The van der Waals surface area contributed by atoms with Gasteiger partial charge in [-0.25, -0.2) is 0 Å². The van der Waals surface area contributed by atoms with Gasteiger partial charge in [0.1, 0.15) is 0 Å². The van der Waals surface area contributed by atoms with Crippen molar-refractivity contribution in [1.82, 2.24) is 14.7 Å². The maximum atomic E-state index is 6.13. The molecule has 3 unspecified atom stereocenters. The summed E-state index contributed by atoms with van der Waals surface area (Å²) in [4.78, 5) is 2.46. The van der Waals surface area contributed by atoms with Crippen LogP contribution in [0, 0.1) is 5.92 Å². The van der Waals surface area contributed by atoms with Crippen molar-refractivity contribution >= 4 is 0 Å². The molecule has 1 saturated heterocycles. The van der Waals surface area contributed by atoms with Gasteiger partial charge in [-0.1, -0.05) is 6.92 Å². The number of nitrogens with zero attached hydrogens (tertiary/aromatic N) is 3. The predicted molar refractivity (Wildman–Crippen MR) is 65.0 cm³/mol. The number of hydrogen-bond donors (Lipinski definition) is 1. The van der Waals surface area contributed by atoms with Crippen molar-refractivity contribution in [3.8, 4) is 0 Å². The van der Waals surface area contributed by atoms with Gasteiger partial charge in [-0.3, -0.25) is 9.58 Å². The Kier molecular flexibility index (Phi) is 3.30. The van der Waals surface area contributed by atoms with Crippen LogP contribution in [0.5, 0.6) is 0 Å². The second kappa shape index (κ2) is 4.55. The Balaban J connectivity index is 2.02. The SMILES string of the molecule is CC1CCN(C(C)c2cnn(C)c2)CC1N. The van der Waals surface area contributed by atoms with Gasteiger partial charge in [0, 0.05) is 37.4 Å². The van der Waals surface area contributed by atoms with E-state index in [0.717, 1.165) is 13.1 Å². The van der Waals surface area contributed by atoms with Gasteiger partial charge < -0.3 is 5.73 Å². The highest BCUT2D eigenvalue weighted by Crippen LogP contribution is 2.25. The zero-order valence-corrected chi connectivity index (χ0v) is 10.4. The molecule has 0 bridgehead atoms. The average molecular weight is 222 g/mol. The first-order valence-electron chi connectivity index (χ1n) is 6.06. The molecule has 3 atom stereocenters. The summed E-state index contributed by atoms with van der Waals surface area (Å²) >= 11 is 0. The molecule has 90 valence electrons. The molecule has 0 amide bonds. The topological polar surface area (TPSA) is 47.1 Å². The second-order valence-electron chi connectivity index (χ2n) is 5.05. The zero-order chi connectivity index (χ0) is 11.7. The van der Waals surface area contributed by atoms with Crippen molar-refractivity contribution in [2.75, 3.05) is 13.1 Å². The Bertz CT molecular complexity index is 347. The molecule has 1 aromatic heterocycles. The first kappa shape index (κ1) is 11.6. The summed E-state index contributed by atoms with van der Waals surface area (Å²) in [6, 6.07) is 0.736. The highest BCUT2D eigenvalue weighted by molar-refractivity contribution is 5.10. The normalized spacial score (nSPS) is 29.2. The molecule has 1 aliphatic heterocycles. The Hall–Kier alpha value is -0.870. The van der Waals surface area contributed by atoms with Crippen LogP contribution in [-0.2, 0) is 7.05 Å². The predicted octanol–water partition coefficient (Wildman–Crippen LogP) is 1.15. The summed E-state index contributed by atoms with van der Waals surface area (Å²) < 4.78 is 1.86. The lowest BCUT2D eigenvalue weighted by molar-refractivity contribution is 0.128. The smallest absolute Gasteiger partial charge is 0.0537 e. The van der Waals surface area contributed by atoms with Crippen molar-refractivity contribution in [2.45, 2.75) is 32.4 Å². The molecule has 1 aliphatic rings. The third kappa shape index (κ3) is 2.28. The molecular weight excluding hydrogens is 200 g/mol. The fourth-order valence-corrected chi connectivity index (χ4v) is 2.34. The Morgan fingerprint density at radius 3 is 2.88 bits per heavy atom. The average Bonchev–Trinajstić information content (AvgIpc) is 2.68. The molecule has 1 aromatic rings. The van der Waals surface area contributed by atoms with Gasteiger partial charge in [-0.2, -0.15) is 5.10 Å². The Morgan fingerprint density at radius 2 is 2.31 bits per heavy atom. The van der Waals surface area contributed by atoms with Gasteiger partial charge in [-0.05, 0) is 25.8 Å². The van der Waals surface area contributed by atoms with Gasteiger partial charge in [0.05, 0.1) is 6.20 Å². The third-order valence-electron chi connectivity index (χ3n) is 3.80. The lowest BCUT2D eigenvalue weighted by Crippen LogP contribution is -2.48. The molecule has 2 rings (SSSR count). The maximum Gasteiger partial charge on any atom is 0.0537 e. The fourth-order valence-electron chi connectivity index (χ4n) is 2.34. The minimum atomic E-state index is 0.313. The number of hydrogen-bond acceptors (Lipinski definition) is 3. The van der Waals surface area contributed by atoms with Gasteiger partial charge in [-0.15, -0.1) is 0 Å². The standard InChI is InChI=1S/C12H22N4/c1-9-4-5-16(8-12(9)13)10(2)11-6-14-15(3)7-11/h6-7,9-10,12H,4-5,8,13H2,1-3H3. The van der Waals surface area contributed by atoms with Crippen molar-refractivity contribution in [3.63, 3.8) is 0 Å². The highest BCUT2D eigenvalue weighted by atomic mass is 15.3. The lowest BCUT2D eigenvalue weighted by atomic mass is 9.93. The minimum Gasteiger partial charge on any atom is -0.326 e. The summed E-state index contributed by atoms with van der Waals surface area (Å²) in [7, 11) is 1.96. The molecule has 4 heteroatoms. The van der Waals surface area contributed by atoms with Crippen LogP contribution < -0.4 is 5.73 Å². The van der Waals surface area contributed by atoms with Gasteiger partial charge >= 0.3 is 0 Å². The van der Waals surface area contributed by atoms with Crippen LogP contribution >= 0.6 is 0 Å². The van der Waals surface area contributed by atoms with E-state index in [2.05, 4.69) is 30.0 Å². The van der Waals surface area contributed by atoms with E-state index in [4.69, 9.17) is 5.73 Å². The van der Waals surface area contributed by atoms with Gasteiger partial charge in [0.25, 0.3) is 0 Å². The van der Waals surface area contributed by atoms with Crippen LogP contribution in [0.3, 0.4) is 0 Å². The van der Waals surface area contributed by atoms with Crippen molar-refractivity contribution in [3.05, 3.63) is 18.0 Å². The number of likely N-dealkylation sites (tertiary alicyclic amines) is 1. The zero-order valence-electron chi connectivity index (χ0n) is 10.4. The molecule has 0 spiro atoms. The van der Waals surface area contributed by atoms with Crippen LogP contribution in [0.2, 0.25) is 0 Å². The van der Waals surface area contributed by atoms with E-state index in [-0.39, 0.29) is 0 Å². The molecule has 2 heterocycles. The fraction of sp³-hybridized carbons (Fsp3) is 0.750. The van der Waals surface area contributed by atoms with E-state index in [1.54, 1.807) is 0 Å². The van der Waals surface area contributed by atoms with E-state index in [0.29, 0.717) is 18.0 Å². The van der Waals surface area contributed by atoms with E-state index in [1.807, 2.05) is 17.9 Å². The molecule has 2 N–H and O–H groups in total. The molecule has 1 fully saturated rings. The Morgan fingerprint density at radius 1 is 1.56 bits per heavy atom. The molecule has 0 aliphatic carbocycles. The summed E-state index contributed by atoms with van der Waals surface area (Å²) in [5.74, 6) is 0.650. The van der Waals surface area contributed by atoms with Crippen LogP contribution in [0.4, 0.5) is 0 Å². The molecular formula is C12H22N4. The van der Waals surface area contributed by atoms with E-state index in [1.165, 1.54) is 12.0 Å². The summed E-state index contributed by atoms with van der Waals surface area (Å²) in [5.41, 5.74) is 7.41. The first-order valence-corrected chi connectivity index (χ1v) is 6.06. The van der Waals surface area contributed by atoms with E-state index in [9.17, 15) is 0 Å². The summed E-state index contributed by atoms with van der Waals surface area (Å²) in [6.45, 7) is 6.62. The van der Waals surface area contributed by atoms with Crippen LogP contribution in [0.15, 0.2) is 12.4 Å². The maximum absolute atomic E-state index is 6.13. The summed E-state index contributed by atoms with van der Waals surface area (Å²) in [6.07, 6.45) is 5.24. The number of rotatable bonds is 2.